The topological polar surface area (TPSA) is 310 Å². The smallest absolute Gasteiger partial charge is 0.330 e. The zero-order valence-electron chi connectivity index (χ0n) is 24.0. The molecule has 4 aromatic heterocycles. The second-order valence-corrected chi connectivity index (χ2v) is 10.2. The number of nitrogens with zero attached hydrogens (tertiary/aromatic N) is 4. The Bertz CT molecular complexity index is 1830. The average molecular weight is 636 g/mol. The van der Waals surface area contributed by atoms with Gasteiger partial charge >= 0.3 is 11.4 Å². The minimum absolute atomic E-state index is 0.0783. The number of nitrogen functional groups attached to an aromatic ring is 1. The third-order valence-electron chi connectivity index (χ3n) is 6.99. The molecule has 2 saturated heterocycles. The molecule has 45 heavy (non-hydrogen) atoms. The molecule has 0 amide bonds. The number of ether oxygens (including phenoxy) is 2. The van der Waals surface area contributed by atoms with Crippen molar-refractivity contribution in [3.05, 3.63) is 81.9 Å². The molecule has 244 valence electrons. The van der Waals surface area contributed by atoms with Gasteiger partial charge < -0.3 is 40.6 Å². The molecule has 0 bridgehead atoms. The van der Waals surface area contributed by atoms with Crippen molar-refractivity contribution < 1.29 is 29.9 Å². The molecule has 6 heterocycles. The van der Waals surface area contributed by atoms with Gasteiger partial charge in [0, 0.05) is 36.4 Å². The summed E-state index contributed by atoms with van der Waals surface area (Å²) in [4.78, 5) is 73.4. The van der Waals surface area contributed by atoms with Gasteiger partial charge in [-0.05, 0) is 13.8 Å². The number of aromatic nitrogens is 8. The first-order chi connectivity index (χ1) is 21.3. The van der Waals surface area contributed by atoms with Crippen LogP contribution in [0.15, 0.2) is 42.7 Å². The van der Waals surface area contributed by atoms with Gasteiger partial charge in [0.15, 0.2) is 11.2 Å². The molecule has 2 aliphatic rings. The summed E-state index contributed by atoms with van der Waals surface area (Å²) >= 11 is 0. The lowest BCUT2D eigenvalue weighted by atomic mass is 10.2. The Morgan fingerprint density at radius 3 is 1.71 bits per heavy atom. The minimum atomic E-state index is -0.816. The number of nitrogens with one attached hydrogen (secondary N) is 4. The van der Waals surface area contributed by atoms with E-state index in [1.54, 1.807) is 13.8 Å². The van der Waals surface area contributed by atoms with Gasteiger partial charge in [0.1, 0.15) is 24.7 Å². The van der Waals surface area contributed by atoms with Crippen molar-refractivity contribution in [3.63, 3.8) is 0 Å². The third kappa shape index (κ3) is 7.50. The van der Waals surface area contributed by atoms with Crippen molar-refractivity contribution in [1.82, 2.24) is 39.0 Å². The SMILES string of the molecule is Cc1cn([C@H]2C[C@H](O)[C@@H](CO)O2)c(=O)[nH]c1=O.Cc1cn([C@H]2C[C@H](O)[C@@H](CO)O2)c(=O)[nH]c1=O.Nc1nc2nc[nH]c2c(=O)[nH]1. The molecule has 20 heteroatoms. The fourth-order valence-corrected chi connectivity index (χ4v) is 4.56. The Balaban J connectivity index is 0.000000157. The van der Waals surface area contributed by atoms with Crippen LogP contribution in [0.5, 0.6) is 0 Å². The van der Waals surface area contributed by atoms with Gasteiger partial charge in [-0.1, -0.05) is 0 Å². The molecule has 10 N–H and O–H groups in total. The molecule has 20 nitrogen and oxygen atoms in total. The number of anilines is 1. The van der Waals surface area contributed by atoms with Crippen LogP contribution in [0.1, 0.15) is 36.4 Å². The largest absolute Gasteiger partial charge is 0.394 e. The summed E-state index contributed by atoms with van der Waals surface area (Å²) in [5.41, 5.74) is 4.36. The van der Waals surface area contributed by atoms with Gasteiger partial charge in [0.25, 0.3) is 16.7 Å². The number of aryl methyl sites for hydroxylation is 2. The monoisotopic (exact) mass is 635 g/mol. The highest BCUT2D eigenvalue weighted by atomic mass is 16.5. The predicted molar refractivity (Wildman–Crippen MR) is 154 cm³/mol. The maximum absolute atomic E-state index is 11.6. The van der Waals surface area contributed by atoms with E-state index < -0.39 is 59.4 Å². The number of aliphatic hydroxyl groups is 4. The molecule has 0 radical (unpaired) electrons. The third-order valence-corrected chi connectivity index (χ3v) is 6.99. The molecular weight excluding hydrogens is 602 g/mol. The number of rotatable bonds is 4. The summed E-state index contributed by atoms with van der Waals surface area (Å²) in [5, 5.41) is 37.0. The maximum Gasteiger partial charge on any atom is 0.330 e. The summed E-state index contributed by atoms with van der Waals surface area (Å²) < 4.78 is 13.1. The van der Waals surface area contributed by atoms with Crippen LogP contribution >= 0.6 is 0 Å². The minimum Gasteiger partial charge on any atom is -0.394 e. The van der Waals surface area contributed by atoms with Crippen molar-refractivity contribution >= 4 is 17.1 Å². The van der Waals surface area contributed by atoms with Gasteiger partial charge in [-0.25, -0.2) is 14.6 Å². The second-order valence-electron chi connectivity index (χ2n) is 10.2. The Hall–Kier alpha value is -4.73. The zero-order valence-corrected chi connectivity index (χ0v) is 24.0. The Morgan fingerprint density at radius 1 is 0.822 bits per heavy atom. The Kier molecular flexibility index (Phi) is 10.3. The lowest BCUT2D eigenvalue weighted by Crippen LogP contribution is -2.33. The first kappa shape index (κ1) is 33.2. The lowest BCUT2D eigenvalue weighted by molar-refractivity contribution is -0.0459. The summed E-state index contributed by atoms with van der Waals surface area (Å²) in [6.07, 6.45) is 0.234. The van der Waals surface area contributed by atoms with Gasteiger partial charge in [0.2, 0.25) is 5.95 Å². The van der Waals surface area contributed by atoms with Gasteiger partial charge in [0.05, 0.1) is 31.7 Å². The van der Waals surface area contributed by atoms with Crippen LogP contribution in [0, 0.1) is 13.8 Å². The quantitative estimate of drug-likeness (QED) is 0.104. The van der Waals surface area contributed by atoms with Gasteiger partial charge in [-0.3, -0.25) is 38.5 Å². The summed E-state index contributed by atoms with van der Waals surface area (Å²) in [6.45, 7) is 2.52. The van der Waals surface area contributed by atoms with Crippen LogP contribution in [0.2, 0.25) is 0 Å². The van der Waals surface area contributed by atoms with Crippen LogP contribution in [-0.2, 0) is 9.47 Å². The van der Waals surface area contributed by atoms with E-state index in [1.807, 2.05) is 0 Å². The van der Waals surface area contributed by atoms with E-state index in [0.29, 0.717) is 22.3 Å². The standard InChI is InChI=1S/2C10H14N2O5.C5H5N5O/c2*1-5-3-12(10(16)11-9(5)15)8-2-6(14)7(4-13)17-8;6-5-9-3-2(4(11)10-5)7-1-8-3/h2*3,6-8,13-14H,2,4H2,1H3,(H,11,15,16);1H,(H4,6,7,8,9,10,11)/t2*6-,7+,8+;/m00./s1. The summed E-state index contributed by atoms with van der Waals surface area (Å²) in [7, 11) is 0. The first-order valence-electron chi connectivity index (χ1n) is 13.5. The first-order valence-corrected chi connectivity index (χ1v) is 13.5. The van der Waals surface area contributed by atoms with Crippen LogP contribution < -0.4 is 33.8 Å². The number of aromatic amines is 4. The van der Waals surface area contributed by atoms with E-state index in [4.69, 9.17) is 25.4 Å². The highest BCUT2D eigenvalue weighted by Crippen LogP contribution is 2.28. The van der Waals surface area contributed by atoms with E-state index in [0.717, 1.165) is 0 Å². The van der Waals surface area contributed by atoms with Gasteiger partial charge in [-0.15, -0.1) is 0 Å². The molecule has 0 unspecified atom stereocenters. The number of hydrogen-bond donors (Lipinski definition) is 9. The van der Waals surface area contributed by atoms with E-state index in [1.165, 1.54) is 27.9 Å². The van der Waals surface area contributed by atoms with Crippen molar-refractivity contribution in [3.8, 4) is 0 Å². The number of fused-ring (bicyclic) bond motifs is 1. The normalized spacial score (nSPS) is 24.1. The fraction of sp³-hybridized carbons (Fsp3) is 0.480. The molecule has 6 rings (SSSR count). The van der Waals surface area contributed by atoms with Gasteiger partial charge in [-0.2, -0.15) is 4.98 Å². The van der Waals surface area contributed by atoms with Crippen LogP contribution in [0.25, 0.3) is 11.2 Å². The summed E-state index contributed by atoms with van der Waals surface area (Å²) in [6, 6.07) is 0. The second kappa shape index (κ2) is 13.9. The number of imidazole rings is 1. The molecule has 2 aliphatic heterocycles. The van der Waals surface area contributed by atoms with Crippen LogP contribution in [-0.4, -0.2) is 97.1 Å². The number of hydrogen-bond acceptors (Lipinski definition) is 14. The molecule has 6 atom stereocenters. The summed E-state index contributed by atoms with van der Waals surface area (Å²) in [5.74, 6) is 0.0783. The number of nitrogens with two attached hydrogens (primary N) is 1. The van der Waals surface area contributed by atoms with Crippen molar-refractivity contribution in [2.24, 2.45) is 0 Å². The van der Waals surface area contributed by atoms with Crippen molar-refractivity contribution in [2.75, 3.05) is 18.9 Å². The number of aliphatic hydroxyl groups excluding tert-OH is 4. The molecule has 4 aromatic rings. The molecule has 0 aromatic carbocycles. The van der Waals surface area contributed by atoms with Crippen LogP contribution in [0.4, 0.5) is 5.95 Å². The molecule has 2 fully saturated rings. The molecular formula is C25H33N9O11. The highest BCUT2D eigenvalue weighted by Gasteiger charge is 2.36. The van der Waals surface area contributed by atoms with Crippen molar-refractivity contribution in [2.45, 2.75) is 63.6 Å². The zero-order chi connectivity index (χ0) is 33.0. The molecule has 0 aliphatic carbocycles. The highest BCUT2D eigenvalue weighted by molar-refractivity contribution is 5.69. The lowest BCUT2D eigenvalue weighted by Gasteiger charge is -2.14. The maximum atomic E-state index is 11.6. The van der Waals surface area contributed by atoms with Crippen LogP contribution in [0.3, 0.4) is 0 Å². The van der Waals surface area contributed by atoms with E-state index in [-0.39, 0.29) is 37.6 Å². The van der Waals surface area contributed by atoms with E-state index in [2.05, 4.69) is 29.9 Å². The predicted octanol–water partition coefficient (Wildman–Crippen LogP) is -3.80. The van der Waals surface area contributed by atoms with Crippen molar-refractivity contribution in [1.29, 1.82) is 0 Å². The average Bonchev–Trinajstić information content (AvgIpc) is 3.71. The Morgan fingerprint density at radius 2 is 1.29 bits per heavy atom. The Labute approximate surface area is 250 Å². The fourth-order valence-electron chi connectivity index (χ4n) is 4.56. The van der Waals surface area contributed by atoms with E-state index >= 15 is 0 Å². The molecule has 0 saturated carbocycles. The van der Waals surface area contributed by atoms with E-state index in [9.17, 15) is 34.2 Å². The molecule has 0 spiro atoms. The number of H-pyrrole nitrogens is 4.